The minimum atomic E-state index is -0.349. The summed E-state index contributed by atoms with van der Waals surface area (Å²) in [5.74, 6) is 0.331. The van der Waals surface area contributed by atoms with E-state index in [0.717, 1.165) is 44.1 Å². The van der Waals surface area contributed by atoms with Gasteiger partial charge in [0.25, 0.3) is 0 Å². The Hall–Kier alpha value is -1.09. The van der Waals surface area contributed by atoms with Crippen molar-refractivity contribution in [1.29, 1.82) is 0 Å². The third-order valence-electron chi connectivity index (χ3n) is 6.12. The molecule has 2 aliphatic rings. The van der Waals surface area contributed by atoms with E-state index in [2.05, 4.69) is 19.2 Å². The predicted molar refractivity (Wildman–Crippen MR) is 95.5 cm³/mol. The van der Waals surface area contributed by atoms with Gasteiger partial charge in [0.2, 0.25) is 5.91 Å². The van der Waals surface area contributed by atoms with Crippen LogP contribution in [0, 0.1) is 30.0 Å². The van der Waals surface area contributed by atoms with Crippen molar-refractivity contribution >= 4 is 17.5 Å². The van der Waals surface area contributed by atoms with Gasteiger partial charge in [-0.25, -0.2) is 4.39 Å². The maximum Gasteiger partial charge on any atom is 0.223 e. The van der Waals surface area contributed by atoms with Crippen molar-refractivity contribution in [3.63, 3.8) is 0 Å². The summed E-state index contributed by atoms with van der Waals surface area (Å²) < 4.78 is 14.7. The Balaban J connectivity index is 1.94. The summed E-state index contributed by atoms with van der Waals surface area (Å²) in [5.41, 5.74) is 1.19. The van der Waals surface area contributed by atoms with E-state index in [1.54, 1.807) is 6.07 Å². The van der Waals surface area contributed by atoms with Crippen LogP contribution in [-0.2, 0) is 4.79 Å². The zero-order chi connectivity index (χ0) is 17.5. The van der Waals surface area contributed by atoms with Crippen LogP contribution in [0.3, 0.4) is 0 Å². The number of hydrogen-bond donors (Lipinski definition) is 1. The summed E-state index contributed by atoms with van der Waals surface area (Å²) in [6.45, 7) is 6.16. The maximum atomic E-state index is 14.7. The van der Waals surface area contributed by atoms with Crippen molar-refractivity contribution in [2.75, 3.05) is 0 Å². The topological polar surface area (TPSA) is 29.1 Å². The first-order chi connectivity index (χ1) is 11.4. The quantitative estimate of drug-likeness (QED) is 0.738. The molecule has 0 radical (unpaired) electrons. The molecule has 2 nitrogen and oxygen atoms in total. The molecule has 2 aliphatic carbocycles. The molecule has 2 saturated carbocycles. The van der Waals surface area contributed by atoms with Gasteiger partial charge in [-0.2, -0.15) is 0 Å². The van der Waals surface area contributed by atoms with Crippen LogP contribution < -0.4 is 5.32 Å². The van der Waals surface area contributed by atoms with Gasteiger partial charge in [0.05, 0.1) is 11.1 Å². The Morgan fingerprint density at radius 3 is 2.67 bits per heavy atom. The summed E-state index contributed by atoms with van der Waals surface area (Å²) in [5, 5.41) is 3.64. The fourth-order valence-electron chi connectivity index (χ4n) is 4.28. The molecule has 2 fully saturated rings. The van der Waals surface area contributed by atoms with Gasteiger partial charge in [-0.1, -0.05) is 50.8 Å². The van der Waals surface area contributed by atoms with Crippen molar-refractivity contribution in [1.82, 2.24) is 5.32 Å². The first kappa shape index (κ1) is 17.7. The molecule has 3 rings (SSSR count). The standard InChI is InChI=1S/C20H27ClFNO/c1-4-13-11-14(13)19(24)23-18(20(3)9-5-6-10-20)16-15(22)8-7-12(2)17(16)21/h7-8,13-14,18H,4-6,9-11H2,1-3H3,(H,23,24). The normalized spacial score (nSPS) is 26.2. The van der Waals surface area contributed by atoms with Crippen LogP contribution in [0.4, 0.5) is 4.39 Å². The van der Waals surface area contributed by atoms with Crippen LogP contribution in [0.1, 0.15) is 69.5 Å². The minimum absolute atomic E-state index is 0.0666. The summed E-state index contributed by atoms with van der Waals surface area (Å²) in [6.07, 6.45) is 6.20. The smallest absolute Gasteiger partial charge is 0.223 e. The SMILES string of the molecule is CCC1CC1C(=O)NC(c1c(F)ccc(C)c1Cl)C1(C)CCCC1. The average molecular weight is 352 g/mol. The molecular formula is C20H27ClFNO. The monoisotopic (exact) mass is 351 g/mol. The molecule has 0 aromatic heterocycles. The van der Waals surface area contributed by atoms with Gasteiger partial charge in [-0.15, -0.1) is 0 Å². The lowest BCUT2D eigenvalue weighted by Gasteiger charge is -2.36. The second-order valence-electron chi connectivity index (χ2n) is 7.91. The van der Waals surface area contributed by atoms with Crippen LogP contribution in [-0.4, -0.2) is 5.91 Å². The predicted octanol–water partition coefficient (Wildman–Crippen LogP) is 5.57. The Labute approximate surface area is 149 Å². The summed E-state index contributed by atoms with van der Waals surface area (Å²) in [4.78, 5) is 12.7. The number of nitrogens with one attached hydrogen (secondary N) is 1. The van der Waals surface area contributed by atoms with Crippen LogP contribution in [0.5, 0.6) is 0 Å². The lowest BCUT2D eigenvalue weighted by molar-refractivity contribution is -0.124. The molecule has 3 atom stereocenters. The number of carbonyl (C=O) groups is 1. The van der Waals surface area contributed by atoms with Crippen LogP contribution in [0.2, 0.25) is 5.02 Å². The molecule has 1 amide bonds. The number of halogens is 2. The number of amides is 1. The van der Waals surface area contributed by atoms with E-state index in [0.29, 0.717) is 16.5 Å². The molecule has 1 N–H and O–H groups in total. The van der Waals surface area contributed by atoms with Gasteiger partial charge >= 0.3 is 0 Å². The Morgan fingerprint density at radius 1 is 1.42 bits per heavy atom. The van der Waals surface area contributed by atoms with Gasteiger partial charge < -0.3 is 5.32 Å². The Kier molecular flexibility index (Phi) is 4.92. The van der Waals surface area contributed by atoms with Gasteiger partial charge in [-0.3, -0.25) is 4.79 Å². The van der Waals surface area contributed by atoms with Crippen LogP contribution >= 0.6 is 11.6 Å². The Bertz CT molecular complexity index is 639. The lowest BCUT2D eigenvalue weighted by Crippen LogP contribution is -2.40. The van der Waals surface area contributed by atoms with Crippen molar-refractivity contribution in [3.05, 3.63) is 34.1 Å². The van der Waals surface area contributed by atoms with E-state index in [9.17, 15) is 9.18 Å². The van der Waals surface area contributed by atoms with E-state index in [1.165, 1.54) is 6.07 Å². The molecule has 0 heterocycles. The highest BCUT2D eigenvalue weighted by Crippen LogP contribution is 2.50. The average Bonchev–Trinajstić information content (AvgIpc) is 3.23. The van der Waals surface area contributed by atoms with Crippen molar-refractivity contribution in [3.8, 4) is 0 Å². The minimum Gasteiger partial charge on any atom is -0.348 e. The third-order valence-corrected chi connectivity index (χ3v) is 6.62. The van der Waals surface area contributed by atoms with Crippen molar-refractivity contribution < 1.29 is 9.18 Å². The van der Waals surface area contributed by atoms with E-state index >= 15 is 0 Å². The molecule has 1 aromatic carbocycles. The molecular weight excluding hydrogens is 325 g/mol. The summed E-state index contributed by atoms with van der Waals surface area (Å²) in [6, 6.07) is 2.82. The molecule has 0 saturated heterocycles. The number of aryl methyl sites for hydroxylation is 1. The second kappa shape index (κ2) is 6.67. The van der Waals surface area contributed by atoms with E-state index in [1.807, 2.05) is 6.92 Å². The van der Waals surface area contributed by atoms with E-state index in [-0.39, 0.29) is 29.1 Å². The third kappa shape index (κ3) is 3.20. The van der Waals surface area contributed by atoms with Gasteiger partial charge in [0, 0.05) is 11.5 Å². The molecule has 0 spiro atoms. The molecule has 0 bridgehead atoms. The van der Waals surface area contributed by atoms with Crippen LogP contribution in [0.25, 0.3) is 0 Å². The second-order valence-corrected chi connectivity index (χ2v) is 8.28. The maximum absolute atomic E-state index is 14.7. The molecule has 24 heavy (non-hydrogen) atoms. The fourth-order valence-corrected chi connectivity index (χ4v) is 4.54. The molecule has 132 valence electrons. The molecule has 3 unspecified atom stereocenters. The largest absolute Gasteiger partial charge is 0.348 e. The number of rotatable bonds is 5. The molecule has 4 heteroatoms. The highest BCUT2D eigenvalue weighted by molar-refractivity contribution is 6.32. The molecule has 1 aromatic rings. The first-order valence-corrected chi connectivity index (χ1v) is 9.50. The van der Waals surface area contributed by atoms with Gasteiger partial charge in [-0.05, 0) is 49.1 Å². The number of hydrogen-bond acceptors (Lipinski definition) is 1. The van der Waals surface area contributed by atoms with Crippen molar-refractivity contribution in [2.45, 2.75) is 65.3 Å². The lowest BCUT2D eigenvalue weighted by atomic mass is 9.76. The number of carbonyl (C=O) groups excluding carboxylic acids is 1. The van der Waals surface area contributed by atoms with Gasteiger partial charge in [0.15, 0.2) is 0 Å². The summed E-state index contributed by atoms with van der Waals surface area (Å²) in [7, 11) is 0. The zero-order valence-electron chi connectivity index (χ0n) is 14.8. The van der Waals surface area contributed by atoms with Gasteiger partial charge in [0.1, 0.15) is 5.82 Å². The van der Waals surface area contributed by atoms with E-state index in [4.69, 9.17) is 11.6 Å². The number of benzene rings is 1. The highest BCUT2D eigenvalue weighted by atomic mass is 35.5. The Morgan fingerprint density at radius 2 is 2.08 bits per heavy atom. The van der Waals surface area contributed by atoms with E-state index < -0.39 is 0 Å². The first-order valence-electron chi connectivity index (χ1n) is 9.12. The van der Waals surface area contributed by atoms with Crippen LogP contribution in [0.15, 0.2) is 12.1 Å². The fraction of sp³-hybridized carbons (Fsp3) is 0.650. The summed E-state index contributed by atoms with van der Waals surface area (Å²) >= 11 is 6.48. The van der Waals surface area contributed by atoms with Crippen molar-refractivity contribution in [2.24, 2.45) is 17.3 Å². The molecule has 0 aliphatic heterocycles. The highest BCUT2D eigenvalue weighted by Gasteiger charge is 2.46. The zero-order valence-corrected chi connectivity index (χ0v) is 15.5.